The summed E-state index contributed by atoms with van der Waals surface area (Å²) in [6, 6.07) is 2.22. The summed E-state index contributed by atoms with van der Waals surface area (Å²) in [6.07, 6.45) is 2.69. The second-order valence-electron chi connectivity index (χ2n) is 4.05. The van der Waals surface area contributed by atoms with Crippen molar-refractivity contribution in [2.45, 2.75) is 32.8 Å². The Morgan fingerprint density at radius 1 is 1.64 bits per heavy atom. The first-order valence-corrected chi connectivity index (χ1v) is 5.49. The van der Waals surface area contributed by atoms with Gasteiger partial charge in [0, 0.05) is 19.7 Å². The number of nitrogens with one attached hydrogen (secondary N) is 1. The summed E-state index contributed by atoms with van der Waals surface area (Å²) in [5.41, 5.74) is 0. The van der Waals surface area contributed by atoms with Crippen LogP contribution in [0.1, 0.15) is 26.7 Å². The zero-order valence-electron chi connectivity index (χ0n) is 9.12. The molecular weight excluding hydrogens is 176 g/mol. The van der Waals surface area contributed by atoms with Crippen LogP contribution >= 0.6 is 0 Å². The maximum Gasteiger partial charge on any atom is 0.0666 e. The van der Waals surface area contributed by atoms with Gasteiger partial charge in [-0.05, 0) is 25.7 Å². The lowest BCUT2D eigenvalue weighted by Gasteiger charge is -2.17. The first-order valence-electron chi connectivity index (χ1n) is 5.49. The summed E-state index contributed by atoms with van der Waals surface area (Å²) in [6.45, 7) is 6.79. The molecule has 0 radical (unpaired) electrons. The van der Waals surface area contributed by atoms with Gasteiger partial charge in [-0.1, -0.05) is 6.92 Å². The van der Waals surface area contributed by atoms with Crippen LogP contribution in [0.15, 0.2) is 0 Å². The van der Waals surface area contributed by atoms with E-state index in [9.17, 15) is 0 Å². The predicted octanol–water partition coefficient (Wildman–Crippen LogP) is 1.55. The smallest absolute Gasteiger partial charge is 0.0666 e. The van der Waals surface area contributed by atoms with Crippen molar-refractivity contribution in [1.82, 2.24) is 5.32 Å². The summed E-state index contributed by atoms with van der Waals surface area (Å²) in [5.74, 6) is 0.753. The van der Waals surface area contributed by atoms with E-state index in [1.165, 1.54) is 0 Å². The SMILES string of the molecule is CCC1OCCC1CNCC(C)C#N. The highest BCUT2D eigenvalue weighted by atomic mass is 16.5. The average Bonchev–Trinajstić information content (AvgIpc) is 2.65. The quantitative estimate of drug-likeness (QED) is 0.725. The minimum atomic E-state index is 0.109. The molecule has 1 saturated heterocycles. The van der Waals surface area contributed by atoms with Crippen LogP contribution in [0, 0.1) is 23.2 Å². The van der Waals surface area contributed by atoms with Crippen LogP contribution < -0.4 is 5.32 Å². The molecule has 0 aromatic heterocycles. The third-order valence-corrected chi connectivity index (χ3v) is 2.83. The van der Waals surface area contributed by atoms with E-state index in [2.05, 4.69) is 18.3 Å². The Morgan fingerprint density at radius 3 is 3.07 bits per heavy atom. The molecule has 1 aliphatic heterocycles. The molecule has 3 heteroatoms. The van der Waals surface area contributed by atoms with E-state index >= 15 is 0 Å². The van der Waals surface area contributed by atoms with Gasteiger partial charge in [0.1, 0.15) is 0 Å². The van der Waals surface area contributed by atoms with Crippen LogP contribution in [0.3, 0.4) is 0 Å². The number of hydrogen-bond donors (Lipinski definition) is 1. The highest BCUT2D eigenvalue weighted by molar-refractivity contribution is 4.82. The molecule has 1 fully saturated rings. The molecule has 0 saturated carbocycles. The molecule has 1 aliphatic rings. The largest absolute Gasteiger partial charge is 0.378 e. The van der Waals surface area contributed by atoms with E-state index in [1.54, 1.807) is 0 Å². The number of ether oxygens (including phenoxy) is 1. The van der Waals surface area contributed by atoms with Gasteiger partial charge >= 0.3 is 0 Å². The van der Waals surface area contributed by atoms with Crippen molar-refractivity contribution in [3.8, 4) is 6.07 Å². The zero-order valence-corrected chi connectivity index (χ0v) is 9.12. The van der Waals surface area contributed by atoms with Crippen molar-refractivity contribution in [1.29, 1.82) is 5.26 Å². The fraction of sp³-hybridized carbons (Fsp3) is 0.909. The number of rotatable bonds is 5. The van der Waals surface area contributed by atoms with E-state index in [4.69, 9.17) is 10.00 Å². The molecule has 0 aliphatic carbocycles. The van der Waals surface area contributed by atoms with Gasteiger partial charge in [0.05, 0.1) is 18.1 Å². The molecule has 80 valence electrons. The van der Waals surface area contributed by atoms with Crippen LogP contribution in [0.25, 0.3) is 0 Å². The van der Waals surface area contributed by atoms with Gasteiger partial charge < -0.3 is 10.1 Å². The molecule has 3 atom stereocenters. The van der Waals surface area contributed by atoms with Gasteiger partial charge in [0.2, 0.25) is 0 Å². The van der Waals surface area contributed by atoms with Crippen molar-refractivity contribution < 1.29 is 4.74 Å². The molecule has 0 amide bonds. The summed E-state index contributed by atoms with van der Waals surface area (Å²) < 4.78 is 5.59. The Balaban J connectivity index is 2.15. The Bertz CT molecular complexity index is 200. The molecular formula is C11H20N2O. The third-order valence-electron chi connectivity index (χ3n) is 2.83. The highest BCUT2D eigenvalue weighted by Crippen LogP contribution is 2.22. The maximum atomic E-state index is 8.61. The maximum absolute atomic E-state index is 8.61. The Kier molecular flexibility index (Phi) is 4.92. The monoisotopic (exact) mass is 196 g/mol. The summed E-state index contributed by atoms with van der Waals surface area (Å²) in [5, 5.41) is 12.0. The molecule has 14 heavy (non-hydrogen) atoms. The van der Waals surface area contributed by atoms with Gasteiger partial charge in [0.15, 0.2) is 0 Å². The topological polar surface area (TPSA) is 45.0 Å². The van der Waals surface area contributed by atoms with Crippen LogP contribution in [0.2, 0.25) is 0 Å². The van der Waals surface area contributed by atoms with E-state index in [1.807, 2.05) is 6.92 Å². The van der Waals surface area contributed by atoms with Gasteiger partial charge in [0.25, 0.3) is 0 Å². The van der Waals surface area contributed by atoms with Crippen molar-refractivity contribution in [2.24, 2.45) is 11.8 Å². The Morgan fingerprint density at radius 2 is 2.43 bits per heavy atom. The summed E-state index contributed by atoms with van der Waals surface area (Å²) in [7, 11) is 0. The van der Waals surface area contributed by atoms with Gasteiger partial charge in [-0.15, -0.1) is 0 Å². The minimum Gasteiger partial charge on any atom is -0.378 e. The van der Waals surface area contributed by atoms with E-state index in [-0.39, 0.29) is 5.92 Å². The molecule has 1 N–H and O–H groups in total. The lowest BCUT2D eigenvalue weighted by atomic mass is 9.99. The van der Waals surface area contributed by atoms with Crippen LogP contribution in [-0.2, 0) is 4.74 Å². The molecule has 3 nitrogen and oxygen atoms in total. The molecule has 1 rings (SSSR count). The van der Waals surface area contributed by atoms with Crippen LogP contribution in [0.5, 0.6) is 0 Å². The van der Waals surface area contributed by atoms with Crippen molar-refractivity contribution in [3.05, 3.63) is 0 Å². The summed E-state index contributed by atoms with van der Waals surface area (Å²) in [4.78, 5) is 0. The van der Waals surface area contributed by atoms with Gasteiger partial charge in [-0.25, -0.2) is 0 Å². The van der Waals surface area contributed by atoms with Crippen molar-refractivity contribution in [2.75, 3.05) is 19.7 Å². The van der Waals surface area contributed by atoms with E-state index in [0.29, 0.717) is 12.0 Å². The lowest BCUT2D eigenvalue weighted by molar-refractivity contribution is 0.0872. The number of nitriles is 1. The second kappa shape index (κ2) is 6.00. The standard InChI is InChI=1S/C11H20N2O/c1-3-11-10(4-5-14-11)8-13-7-9(2)6-12/h9-11,13H,3-5,7-8H2,1-2H3. The van der Waals surface area contributed by atoms with E-state index in [0.717, 1.165) is 32.5 Å². The minimum absolute atomic E-state index is 0.109. The molecule has 0 bridgehead atoms. The van der Waals surface area contributed by atoms with Crippen LogP contribution in [0.4, 0.5) is 0 Å². The fourth-order valence-corrected chi connectivity index (χ4v) is 1.91. The average molecular weight is 196 g/mol. The third kappa shape index (κ3) is 3.28. The second-order valence-corrected chi connectivity index (χ2v) is 4.05. The predicted molar refractivity (Wildman–Crippen MR) is 55.8 cm³/mol. The molecule has 0 aromatic rings. The lowest BCUT2D eigenvalue weighted by Crippen LogP contribution is -2.30. The van der Waals surface area contributed by atoms with Gasteiger partial charge in [-0.3, -0.25) is 0 Å². The van der Waals surface area contributed by atoms with Gasteiger partial charge in [-0.2, -0.15) is 5.26 Å². The van der Waals surface area contributed by atoms with Crippen molar-refractivity contribution >= 4 is 0 Å². The summed E-state index contributed by atoms with van der Waals surface area (Å²) >= 11 is 0. The Labute approximate surface area is 86.4 Å². The normalized spacial score (nSPS) is 28.6. The zero-order chi connectivity index (χ0) is 10.4. The molecule has 3 unspecified atom stereocenters. The molecule has 1 heterocycles. The van der Waals surface area contributed by atoms with E-state index < -0.39 is 0 Å². The number of nitrogens with zero attached hydrogens (tertiary/aromatic N) is 1. The Hall–Kier alpha value is -0.590. The fourth-order valence-electron chi connectivity index (χ4n) is 1.91. The van der Waals surface area contributed by atoms with Crippen molar-refractivity contribution in [3.63, 3.8) is 0 Å². The molecule has 0 aromatic carbocycles. The highest BCUT2D eigenvalue weighted by Gasteiger charge is 2.25. The van der Waals surface area contributed by atoms with Crippen LogP contribution in [-0.4, -0.2) is 25.8 Å². The first kappa shape index (κ1) is 11.5. The molecule has 0 spiro atoms. The first-order chi connectivity index (χ1) is 6.77. The number of hydrogen-bond acceptors (Lipinski definition) is 3.